The van der Waals surface area contributed by atoms with Crippen LogP contribution < -0.4 is 5.32 Å². The molecule has 6 nitrogen and oxygen atoms in total. The maximum absolute atomic E-state index is 13.9. The molecule has 1 atom stereocenters. The molecule has 1 unspecified atom stereocenters. The highest BCUT2D eigenvalue weighted by atomic mass is 35.5. The van der Waals surface area contributed by atoms with E-state index in [4.69, 9.17) is 9.47 Å². The van der Waals surface area contributed by atoms with Crippen LogP contribution in [0.15, 0.2) is 77.1 Å². The zero-order chi connectivity index (χ0) is 26.5. The Labute approximate surface area is 220 Å². The van der Waals surface area contributed by atoms with E-state index in [0.717, 1.165) is 18.7 Å². The van der Waals surface area contributed by atoms with Crippen LogP contribution in [-0.2, 0) is 31.8 Å². The van der Waals surface area contributed by atoms with Crippen molar-refractivity contribution >= 4 is 24.3 Å². The molecule has 10 heteroatoms. The molecule has 3 rings (SSSR count). The SMILES string of the molecule is COC(=O)C1=C(C)NC(C)=C(C(=O)OCCN(C)Cc2ccccc2)C1c1ccccc1C(F)(F)F.Cl. The maximum atomic E-state index is 13.9. The number of benzene rings is 2. The van der Waals surface area contributed by atoms with Crippen LogP contribution in [-0.4, -0.2) is 44.1 Å². The van der Waals surface area contributed by atoms with Crippen LogP contribution in [0, 0.1) is 0 Å². The highest BCUT2D eigenvalue weighted by Crippen LogP contribution is 2.44. The molecule has 1 heterocycles. The summed E-state index contributed by atoms with van der Waals surface area (Å²) < 4.78 is 52.1. The number of halogens is 4. The van der Waals surface area contributed by atoms with Crippen molar-refractivity contribution in [1.29, 1.82) is 0 Å². The van der Waals surface area contributed by atoms with Crippen molar-refractivity contribution in [2.24, 2.45) is 0 Å². The fraction of sp³-hybridized carbons (Fsp3) is 0.333. The van der Waals surface area contributed by atoms with Gasteiger partial charge in [0.2, 0.25) is 0 Å². The number of esters is 2. The minimum Gasteiger partial charge on any atom is -0.466 e. The maximum Gasteiger partial charge on any atom is 0.416 e. The van der Waals surface area contributed by atoms with E-state index in [1.165, 1.54) is 18.2 Å². The van der Waals surface area contributed by atoms with E-state index in [0.29, 0.717) is 24.5 Å². The minimum atomic E-state index is -4.69. The normalized spacial score (nSPS) is 15.7. The monoisotopic (exact) mass is 538 g/mol. The summed E-state index contributed by atoms with van der Waals surface area (Å²) in [5.41, 5.74) is 0.403. The van der Waals surface area contributed by atoms with Crippen molar-refractivity contribution in [2.75, 3.05) is 27.3 Å². The molecule has 0 saturated carbocycles. The number of nitrogens with one attached hydrogen (secondary N) is 1. The Bertz CT molecular complexity index is 1180. The number of ether oxygens (including phenoxy) is 2. The lowest BCUT2D eigenvalue weighted by Gasteiger charge is -2.31. The second kappa shape index (κ2) is 12.8. The van der Waals surface area contributed by atoms with E-state index < -0.39 is 29.6 Å². The first kappa shape index (κ1) is 29.9. The van der Waals surface area contributed by atoms with E-state index in [1.807, 2.05) is 42.3 Å². The molecule has 0 saturated heterocycles. The molecule has 0 aliphatic carbocycles. The quantitative estimate of drug-likeness (QED) is 0.465. The Morgan fingerprint density at radius 1 is 0.946 bits per heavy atom. The number of carbonyl (C=O) groups is 2. The zero-order valence-corrected chi connectivity index (χ0v) is 21.8. The van der Waals surface area contributed by atoms with E-state index in [9.17, 15) is 22.8 Å². The summed E-state index contributed by atoms with van der Waals surface area (Å²) in [6, 6.07) is 14.6. The third kappa shape index (κ3) is 7.14. The topological polar surface area (TPSA) is 67.9 Å². The predicted molar refractivity (Wildman–Crippen MR) is 136 cm³/mol. The number of dihydropyridines is 1. The molecule has 200 valence electrons. The number of alkyl halides is 3. The molecule has 37 heavy (non-hydrogen) atoms. The van der Waals surface area contributed by atoms with E-state index in [2.05, 4.69) is 5.32 Å². The van der Waals surface area contributed by atoms with Gasteiger partial charge in [0.1, 0.15) is 6.61 Å². The number of rotatable bonds is 8. The number of nitrogens with zero attached hydrogens (tertiary/aromatic N) is 1. The Balaban J connectivity index is 0.00000481. The van der Waals surface area contributed by atoms with Crippen LogP contribution in [0.2, 0.25) is 0 Å². The van der Waals surface area contributed by atoms with Crippen LogP contribution >= 0.6 is 12.4 Å². The number of allylic oxidation sites excluding steroid dienone is 2. The van der Waals surface area contributed by atoms with Gasteiger partial charge in [-0.15, -0.1) is 12.4 Å². The first-order chi connectivity index (χ1) is 17.0. The standard InChI is InChI=1S/C27H29F3N2O4.ClH/c1-17-22(25(33)35-4)24(20-12-8-9-13-21(20)27(28,29)30)23(18(2)31-17)26(34)36-15-14-32(3)16-19-10-6-5-7-11-19;/h5-13,24,31H,14-16H2,1-4H3;1H. The molecule has 0 bridgehead atoms. The molecule has 0 amide bonds. The Morgan fingerprint density at radius 2 is 1.51 bits per heavy atom. The first-order valence-electron chi connectivity index (χ1n) is 11.4. The van der Waals surface area contributed by atoms with Crippen LogP contribution in [0.3, 0.4) is 0 Å². The van der Waals surface area contributed by atoms with Crippen LogP contribution in [0.5, 0.6) is 0 Å². The van der Waals surface area contributed by atoms with Gasteiger partial charge in [0, 0.05) is 24.5 Å². The first-order valence-corrected chi connectivity index (χ1v) is 11.4. The molecule has 1 aliphatic rings. The second-order valence-corrected chi connectivity index (χ2v) is 8.57. The lowest BCUT2D eigenvalue weighted by molar-refractivity contribution is -0.141. The van der Waals surface area contributed by atoms with Gasteiger partial charge in [0.25, 0.3) is 0 Å². The van der Waals surface area contributed by atoms with Gasteiger partial charge < -0.3 is 14.8 Å². The molecule has 0 aromatic heterocycles. The van der Waals surface area contributed by atoms with Crippen molar-refractivity contribution in [3.63, 3.8) is 0 Å². The van der Waals surface area contributed by atoms with E-state index in [1.54, 1.807) is 13.8 Å². The van der Waals surface area contributed by atoms with E-state index in [-0.39, 0.29) is 35.7 Å². The van der Waals surface area contributed by atoms with Crippen molar-refractivity contribution in [1.82, 2.24) is 10.2 Å². The van der Waals surface area contributed by atoms with Gasteiger partial charge in [0.05, 0.1) is 29.7 Å². The largest absolute Gasteiger partial charge is 0.466 e. The Hall–Kier alpha value is -3.30. The van der Waals surface area contributed by atoms with Gasteiger partial charge in [-0.3, -0.25) is 4.90 Å². The summed E-state index contributed by atoms with van der Waals surface area (Å²) in [7, 11) is 3.01. The third-order valence-corrected chi connectivity index (χ3v) is 5.96. The molecule has 2 aromatic carbocycles. The molecule has 1 N–H and O–H groups in total. The number of hydrogen-bond donors (Lipinski definition) is 1. The van der Waals surface area contributed by atoms with Gasteiger partial charge in [-0.2, -0.15) is 13.2 Å². The smallest absolute Gasteiger partial charge is 0.416 e. The lowest BCUT2D eigenvalue weighted by Crippen LogP contribution is -2.34. The fourth-order valence-electron chi connectivity index (χ4n) is 4.31. The summed E-state index contributed by atoms with van der Waals surface area (Å²) in [5, 5.41) is 2.93. The summed E-state index contributed by atoms with van der Waals surface area (Å²) in [6.45, 7) is 4.18. The molecule has 1 aliphatic heterocycles. The van der Waals surface area contributed by atoms with Crippen molar-refractivity contribution < 1.29 is 32.2 Å². The van der Waals surface area contributed by atoms with Crippen LogP contribution in [0.1, 0.15) is 36.5 Å². The summed E-state index contributed by atoms with van der Waals surface area (Å²) in [5.74, 6) is -2.95. The van der Waals surface area contributed by atoms with Gasteiger partial charge in [0.15, 0.2) is 0 Å². The number of likely N-dealkylation sites (N-methyl/N-ethyl adjacent to an activating group) is 1. The van der Waals surface area contributed by atoms with Crippen molar-refractivity contribution in [3.05, 3.63) is 93.8 Å². The third-order valence-electron chi connectivity index (χ3n) is 5.96. The summed E-state index contributed by atoms with van der Waals surface area (Å²) in [6.07, 6.45) is -4.69. The fourth-order valence-corrected chi connectivity index (χ4v) is 4.31. The molecular formula is C27H30ClF3N2O4. The van der Waals surface area contributed by atoms with E-state index >= 15 is 0 Å². The highest BCUT2D eigenvalue weighted by Gasteiger charge is 2.43. The molecule has 0 fully saturated rings. The molecule has 2 aromatic rings. The lowest BCUT2D eigenvalue weighted by atomic mass is 9.78. The zero-order valence-electron chi connectivity index (χ0n) is 21.0. The van der Waals surface area contributed by atoms with Gasteiger partial charge in [-0.1, -0.05) is 48.5 Å². The van der Waals surface area contributed by atoms with Gasteiger partial charge >= 0.3 is 18.1 Å². The van der Waals surface area contributed by atoms with Crippen molar-refractivity contribution in [2.45, 2.75) is 32.5 Å². The molecule has 0 spiro atoms. The highest BCUT2D eigenvalue weighted by molar-refractivity contribution is 6.00. The van der Waals surface area contributed by atoms with Crippen LogP contribution in [0.25, 0.3) is 0 Å². The van der Waals surface area contributed by atoms with Gasteiger partial charge in [-0.25, -0.2) is 9.59 Å². The summed E-state index contributed by atoms with van der Waals surface area (Å²) >= 11 is 0. The number of carbonyl (C=O) groups excluding carboxylic acids is 2. The summed E-state index contributed by atoms with van der Waals surface area (Å²) in [4.78, 5) is 27.9. The number of methoxy groups -OCH3 is 1. The second-order valence-electron chi connectivity index (χ2n) is 8.57. The predicted octanol–water partition coefficient (Wildman–Crippen LogP) is 5.21. The average Bonchev–Trinajstić information content (AvgIpc) is 2.83. The minimum absolute atomic E-state index is 0. The van der Waals surface area contributed by atoms with Crippen molar-refractivity contribution in [3.8, 4) is 0 Å². The Kier molecular flexibility index (Phi) is 10.3. The van der Waals surface area contributed by atoms with Gasteiger partial charge in [-0.05, 0) is 38.1 Å². The molecular weight excluding hydrogens is 509 g/mol. The van der Waals surface area contributed by atoms with Crippen LogP contribution in [0.4, 0.5) is 13.2 Å². The Morgan fingerprint density at radius 3 is 2.11 bits per heavy atom. The molecule has 0 radical (unpaired) electrons. The average molecular weight is 539 g/mol. The number of hydrogen-bond acceptors (Lipinski definition) is 6.